The average Bonchev–Trinajstić information content (AvgIpc) is 2.44. The first-order chi connectivity index (χ1) is 9.24. The SMILES string of the molecule is O=C(O)/C=C/c1cccc(N=Cc2cccnc2)c1. The summed E-state index contributed by atoms with van der Waals surface area (Å²) in [7, 11) is 0. The van der Waals surface area contributed by atoms with Gasteiger partial charge in [0.1, 0.15) is 0 Å². The average molecular weight is 252 g/mol. The van der Waals surface area contributed by atoms with Gasteiger partial charge in [-0.25, -0.2) is 4.79 Å². The monoisotopic (exact) mass is 252 g/mol. The van der Waals surface area contributed by atoms with Crippen LogP contribution in [-0.2, 0) is 4.79 Å². The van der Waals surface area contributed by atoms with E-state index in [1.165, 1.54) is 6.08 Å². The second kappa shape index (κ2) is 6.26. The van der Waals surface area contributed by atoms with Gasteiger partial charge in [0, 0.05) is 30.2 Å². The zero-order valence-corrected chi connectivity index (χ0v) is 10.1. The Kier molecular flexibility index (Phi) is 4.18. The van der Waals surface area contributed by atoms with E-state index in [2.05, 4.69) is 9.98 Å². The van der Waals surface area contributed by atoms with Crippen LogP contribution in [0.3, 0.4) is 0 Å². The van der Waals surface area contributed by atoms with Crippen LogP contribution >= 0.6 is 0 Å². The van der Waals surface area contributed by atoms with E-state index in [1.54, 1.807) is 18.6 Å². The van der Waals surface area contributed by atoms with Gasteiger partial charge in [-0.1, -0.05) is 18.2 Å². The predicted octanol–water partition coefficient (Wildman–Crippen LogP) is 2.93. The quantitative estimate of drug-likeness (QED) is 0.672. The molecule has 0 aliphatic carbocycles. The molecule has 0 amide bonds. The minimum absolute atomic E-state index is 0.761. The summed E-state index contributed by atoms with van der Waals surface area (Å²) >= 11 is 0. The van der Waals surface area contributed by atoms with Gasteiger partial charge < -0.3 is 5.11 Å². The third-order valence-corrected chi connectivity index (χ3v) is 2.34. The van der Waals surface area contributed by atoms with Gasteiger partial charge in [0.2, 0.25) is 0 Å². The first-order valence-corrected chi connectivity index (χ1v) is 5.69. The van der Waals surface area contributed by atoms with E-state index in [9.17, 15) is 4.79 Å². The van der Waals surface area contributed by atoms with E-state index in [1.807, 2.05) is 36.4 Å². The van der Waals surface area contributed by atoms with Crippen molar-refractivity contribution in [1.82, 2.24) is 4.98 Å². The van der Waals surface area contributed by atoms with E-state index in [-0.39, 0.29) is 0 Å². The van der Waals surface area contributed by atoms with Crippen LogP contribution in [-0.4, -0.2) is 22.3 Å². The van der Waals surface area contributed by atoms with E-state index in [0.717, 1.165) is 22.9 Å². The molecule has 2 rings (SSSR count). The number of rotatable bonds is 4. The maximum absolute atomic E-state index is 10.4. The molecule has 1 N–H and O–H groups in total. The Labute approximate surface area is 110 Å². The van der Waals surface area contributed by atoms with Gasteiger partial charge in [-0.3, -0.25) is 9.98 Å². The summed E-state index contributed by atoms with van der Waals surface area (Å²) in [6.07, 6.45) is 7.77. The molecule has 2 aromatic rings. The lowest BCUT2D eigenvalue weighted by atomic mass is 10.2. The molecule has 0 spiro atoms. The third kappa shape index (κ3) is 4.20. The Balaban J connectivity index is 2.15. The number of aliphatic carboxylic acids is 1. The van der Waals surface area contributed by atoms with Crippen LogP contribution in [0.15, 0.2) is 59.9 Å². The van der Waals surface area contributed by atoms with Crippen molar-refractivity contribution in [3.8, 4) is 0 Å². The molecule has 0 atom stereocenters. The number of hydrogen-bond acceptors (Lipinski definition) is 3. The number of hydrogen-bond donors (Lipinski definition) is 1. The summed E-state index contributed by atoms with van der Waals surface area (Å²) in [6.45, 7) is 0. The fraction of sp³-hybridized carbons (Fsp3) is 0. The van der Waals surface area contributed by atoms with E-state index in [4.69, 9.17) is 5.11 Å². The molecule has 94 valence electrons. The van der Waals surface area contributed by atoms with E-state index < -0.39 is 5.97 Å². The van der Waals surface area contributed by atoms with Crippen LogP contribution in [0.1, 0.15) is 11.1 Å². The number of benzene rings is 1. The molecule has 4 heteroatoms. The minimum Gasteiger partial charge on any atom is -0.478 e. The Morgan fingerprint density at radius 1 is 1.21 bits per heavy atom. The highest BCUT2D eigenvalue weighted by Gasteiger charge is 1.93. The molecule has 0 radical (unpaired) electrons. The number of aromatic nitrogens is 1. The molecule has 0 fully saturated rings. The van der Waals surface area contributed by atoms with Crippen molar-refractivity contribution in [2.75, 3.05) is 0 Å². The van der Waals surface area contributed by atoms with Crippen LogP contribution in [0, 0.1) is 0 Å². The fourth-order valence-corrected chi connectivity index (χ4v) is 1.48. The molecule has 19 heavy (non-hydrogen) atoms. The summed E-state index contributed by atoms with van der Waals surface area (Å²) < 4.78 is 0. The van der Waals surface area contributed by atoms with Crippen molar-refractivity contribution in [3.05, 3.63) is 66.0 Å². The molecular formula is C15H12N2O2. The van der Waals surface area contributed by atoms with Crippen LogP contribution in [0.25, 0.3) is 6.08 Å². The zero-order valence-electron chi connectivity index (χ0n) is 10.1. The van der Waals surface area contributed by atoms with Gasteiger partial charge in [0.25, 0.3) is 0 Å². The Hall–Kier alpha value is -2.75. The molecule has 1 aromatic heterocycles. The Morgan fingerprint density at radius 3 is 2.79 bits per heavy atom. The van der Waals surface area contributed by atoms with Crippen LogP contribution in [0.4, 0.5) is 5.69 Å². The lowest BCUT2D eigenvalue weighted by molar-refractivity contribution is -0.131. The topological polar surface area (TPSA) is 62.5 Å². The third-order valence-electron chi connectivity index (χ3n) is 2.34. The number of pyridine rings is 1. The fourth-order valence-electron chi connectivity index (χ4n) is 1.48. The summed E-state index contributed by atoms with van der Waals surface area (Å²) in [5, 5.41) is 8.57. The molecule has 0 bridgehead atoms. The number of aliphatic imine (C=N–C) groups is 1. The van der Waals surface area contributed by atoms with Gasteiger partial charge in [-0.2, -0.15) is 0 Å². The Morgan fingerprint density at radius 2 is 2.05 bits per heavy atom. The summed E-state index contributed by atoms with van der Waals surface area (Å²) in [5.74, 6) is -0.968. The molecule has 0 saturated heterocycles. The minimum atomic E-state index is -0.968. The summed E-state index contributed by atoms with van der Waals surface area (Å²) in [5.41, 5.74) is 2.47. The smallest absolute Gasteiger partial charge is 0.328 e. The standard InChI is InChI=1S/C15H12N2O2/c18-15(19)7-6-12-3-1-5-14(9-12)17-11-13-4-2-8-16-10-13/h1-11H,(H,18,19)/b7-6+,17-11?. The second-order valence-corrected chi connectivity index (χ2v) is 3.81. The molecule has 0 aliphatic rings. The van der Waals surface area contributed by atoms with Crippen LogP contribution in [0.5, 0.6) is 0 Å². The van der Waals surface area contributed by atoms with Gasteiger partial charge >= 0.3 is 5.97 Å². The molecule has 1 aromatic carbocycles. The number of carboxylic acid groups (broad SMARTS) is 1. The number of carbonyl (C=O) groups is 1. The zero-order chi connectivity index (χ0) is 13.5. The first kappa shape index (κ1) is 12.7. The number of carboxylic acids is 1. The lowest BCUT2D eigenvalue weighted by Crippen LogP contribution is -1.85. The van der Waals surface area contributed by atoms with Gasteiger partial charge in [0.05, 0.1) is 5.69 Å². The van der Waals surface area contributed by atoms with Gasteiger partial charge in [-0.05, 0) is 29.8 Å². The first-order valence-electron chi connectivity index (χ1n) is 5.69. The normalized spacial score (nSPS) is 11.2. The van der Waals surface area contributed by atoms with Crippen molar-refractivity contribution in [2.45, 2.75) is 0 Å². The van der Waals surface area contributed by atoms with Gasteiger partial charge in [0.15, 0.2) is 0 Å². The molecule has 4 nitrogen and oxygen atoms in total. The highest BCUT2D eigenvalue weighted by atomic mass is 16.4. The van der Waals surface area contributed by atoms with Crippen molar-refractivity contribution in [1.29, 1.82) is 0 Å². The lowest BCUT2D eigenvalue weighted by Gasteiger charge is -1.96. The molecule has 1 heterocycles. The highest BCUT2D eigenvalue weighted by Crippen LogP contribution is 2.15. The largest absolute Gasteiger partial charge is 0.478 e. The van der Waals surface area contributed by atoms with Crippen molar-refractivity contribution in [3.63, 3.8) is 0 Å². The maximum atomic E-state index is 10.4. The van der Waals surface area contributed by atoms with E-state index >= 15 is 0 Å². The molecule has 0 aliphatic heterocycles. The summed E-state index contributed by atoms with van der Waals surface area (Å²) in [6, 6.07) is 11.1. The van der Waals surface area contributed by atoms with Crippen LogP contribution < -0.4 is 0 Å². The van der Waals surface area contributed by atoms with E-state index in [0.29, 0.717) is 0 Å². The Bertz CT molecular complexity index is 619. The second-order valence-electron chi connectivity index (χ2n) is 3.81. The van der Waals surface area contributed by atoms with Crippen molar-refractivity contribution >= 4 is 23.9 Å². The maximum Gasteiger partial charge on any atom is 0.328 e. The molecule has 0 saturated carbocycles. The summed E-state index contributed by atoms with van der Waals surface area (Å²) in [4.78, 5) is 18.8. The van der Waals surface area contributed by atoms with Crippen molar-refractivity contribution in [2.24, 2.45) is 4.99 Å². The van der Waals surface area contributed by atoms with Crippen molar-refractivity contribution < 1.29 is 9.90 Å². The highest BCUT2D eigenvalue weighted by molar-refractivity contribution is 5.85. The van der Waals surface area contributed by atoms with Gasteiger partial charge in [-0.15, -0.1) is 0 Å². The van der Waals surface area contributed by atoms with Crippen LogP contribution in [0.2, 0.25) is 0 Å². The molecular weight excluding hydrogens is 240 g/mol. The predicted molar refractivity (Wildman–Crippen MR) is 74.6 cm³/mol. The molecule has 0 unspecified atom stereocenters. The number of nitrogens with zero attached hydrogens (tertiary/aromatic N) is 2.